The number of ether oxygens (including phenoxy) is 6. The highest BCUT2D eigenvalue weighted by molar-refractivity contribution is 7.14. The quantitative estimate of drug-likeness (QED) is 0.0304. The molecule has 0 spiro atoms. The number of thiazole rings is 5. The largest absolute Gasteiger partial charge is 0.493 e. The predicted octanol–water partition coefficient (Wildman–Crippen LogP) is 28.6. The van der Waals surface area contributed by atoms with E-state index in [2.05, 4.69) is 113 Å². The average molecular weight is 1990 g/mol. The summed E-state index contributed by atoms with van der Waals surface area (Å²) in [6.07, 6.45) is 17.3. The second-order valence-corrected chi connectivity index (χ2v) is 34.6. The van der Waals surface area contributed by atoms with Crippen LogP contribution in [0.25, 0.3) is 64.6 Å². The number of methoxy groups -OCH3 is 2. The molecule has 0 aliphatic carbocycles. The van der Waals surface area contributed by atoms with Crippen LogP contribution in [0.3, 0.4) is 0 Å². The molecule has 676 valence electrons. The van der Waals surface area contributed by atoms with Crippen LogP contribution in [0.5, 0.6) is 46.0 Å². The number of nitrogens with zero attached hydrogens (tertiary/aromatic N) is 15. The molecule has 10 aromatic carbocycles. The minimum Gasteiger partial charge on any atom is -0.493 e. The Morgan fingerprint density at radius 1 is 0.287 bits per heavy atom. The van der Waals surface area contributed by atoms with Gasteiger partial charge in [0.15, 0.2) is 23.0 Å². The summed E-state index contributed by atoms with van der Waals surface area (Å²) >= 11 is 37.8. The third-order valence-electron chi connectivity index (χ3n) is 18.7. The van der Waals surface area contributed by atoms with Gasteiger partial charge in [-0.2, -0.15) is 0 Å². The van der Waals surface area contributed by atoms with Crippen LogP contribution in [0.1, 0.15) is 11.1 Å². The van der Waals surface area contributed by atoms with Crippen molar-refractivity contribution >= 4 is 173 Å². The van der Waals surface area contributed by atoms with Crippen LogP contribution in [-0.2, 0) is 13.2 Å². The molecule has 0 aliphatic rings. The Balaban J connectivity index is 0.000000123. The van der Waals surface area contributed by atoms with E-state index in [4.69, 9.17) is 86.4 Å². The Morgan fingerprint density at radius 3 is 1.06 bits per heavy atom. The van der Waals surface area contributed by atoms with Crippen LogP contribution in [0, 0.1) is 5.82 Å². The summed E-state index contributed by atoms with van der Waals surface area (Å²) in [4.78, 5) is 65.3. The molecule has 0 aliphatic heterocycles. The highest BCUT2D eigenvalue weighted by atomic mass is 35.5. The first-order chi connectivity index (χ1) is 66.6. The molecule has 5 N–H and O–H groups in total. The lowest BCUT2D eigenvalue weighted by molar-refractivity contribution is 0.306. The zero-order valence-corrected chi connectivity index (χ0v) is 79.2. The molecule has 20 rings (SSSR count). The average Bonchev–Trinajstić information content (AvgIpc) is 1.84. The van der Waals surface area contributed by atoms with Crippen molar-refractivity contribution in [2.24, 2.45) is 0 Å². The maximum Gasteiger partial charge on any atom is 0.227 e. The molecule has 0 unspecified atom stereocenters. The monoisotopic (exact) mass is 1990 g/mol. The molecule has 0 saturated heterocycles. The van der Waals surface area contributed by atoms with Crippen LogP contribution in [0.4, 0.5) is 62.6 Å². The molecule has 26 nitrogen and oxygen atoms in total. The highest BCUT2D eigenvalue weighted by Crippen LogP contribution is 2.40. The Morgan fingerprint density at radius 2 is 0.654 bits per heavy atom. The lowest BCUT2D eigenvalue weighted by Gasteiger charge is -2.13. The van der Waals surface area contributed by atoms with Crippen molar-refractivity contribution in [1.82, 2.24) is 74.8 Å². The van der Waals surface area contributed by atoms with Crippen molar-refractivity contribution in [3.63, 3.8) is 0 Å². The minimum absolute atomic E-state index is 0.259. The van der Waals surface area contributed by atoms with Crippen LogP contribution >= 0.6 is 115 Å². The van der Waals surface area contributed by atoms with Gasteiger partial charge < -0.3 is 55.0 Å². The van der Waals surface area contributed by atoms with Crippen LogP contribution in [-0.4, -0.2) is 89.0 Å². The topological polar surface area (TPSA) is 309 Å². The molecule has 0 fully saturated rings. The number of anilines is 10. The zero-order valence-electron chi connectivity index (χ0n) is 71.3. The van der Waals surface area contributed by atoms with Gasteiger partial charge in [0.25, 0.3) is 0 Å². The standard InChI is InChI=1S/C20H14Cl2N4OS.2C20H15ClN4O2S.C20H15FN4OS.C19H13ClN4S/c21-16-6-1-3-13(18(16)22)12-27-15-5-2-4-14(11-15)25-20-24-8-7-17(26-20)19-23-9-10-28-19;1-26-17-7-4-14(12-18(17)27-15-5-2-13(21)3-6-15)24-20-23-9-8-16(25-20)19-22-10-11-28-19;1-26-17-6-5-14(12-18(17)27-15-4-2-3-13(21)11-15)24-20-23-8-7-16(25-20)19-22-9-10-28-19;21-15-6-4-14(5-7-15)13-26-17-3-1-2-16(12-17)24-20-23-9-8-18(25-20)19-22-10-11-27-19;20-15-6-4-13(5-7-15)14-2-1-3-16(12-14)23-19-22-9-8-17(24-19)18-21-10-11-25-18/h1-11H,12H2,(H,24,25,26);2*2-12H,1H3,(H,23,24,25);1-12H,13H2,(H,23,24,25);1-12H,(H,22,23,24). The number of aromatic nitrogens is 15. The van der Waals surface area contributed by atoms with Crippen LogP contribution < -0.4 is 55.0 Å². The van der Waals surface area contributed by atoms with Gasteiger partial charge in [0.2, 0.25) is 29.7 Å². The number of halogens is 6. The van der Waals surface area contributed by atoms with Crippen molar-refractivity contribution in [2.45, 2.75) is 13.2 Å². The first-order valence-corrected chi connectivity index (χ1v) is 47.2. The van der Waals surface area contributed by atoms with E-state index in [9.17, 15) is 4.39 Å². The number of nitrogens with one attached hydrogen (secondary N) is 5. The van der Waals surface area contributed by atoms with E-state index in [0.717, 1.165) is 109 Å². The second kappa shape index (κ2) is 47.5. The minimum atomic E-state index is -0.259. The third-order valence-corrected chi connectivity index (χ3v) is 24.2. The lowest BCUT2D eigenvalue weighted by Crippen LogP contribution is -1.99. The molecule has 0 bridgehead atoms. The normalized spacial score (nSPS) is 10.6. The second-order valence-electron chi connectivity index (χ2n) is 28.0. The van der Waals surface area contributed by atoms with Crippen molar-refractivity contribution in [3.05, 3.63) is 386 Å². The third kappa shape index (κ3) is 27.3. The Hall–Kier alpha value is -15.1. The fraction of sp³-hybridized carbons (Fsp3) is 0.0404. The van der Waals surface area contributed by atoms with Crippen molar-refractivity contribution in [2.75, 3.05) is 40.8 Å². The lowest BCUT2D eigenvalue weighted by atomic mass is 10.1. The highest BCUT2D eigenvalue weighted by Gasteiger charge is 2.17. The van der Waals surface area contributed by atoms with Gasteiger partial charge in [0.1, 0.15) is 95.5 Å². The molecular weight excluding hydrogens is 1920 g/mol. The van der Waals surface area contributed by atoms with Gasteiger partial charge in [0.05, 0.1) is 24.3 Å². The molecule has 0 radical (unpaired) electrons. The maximum atomic E-state index is 13.0. The molecule has 37 heteroatoms. The summed E-state index contributed by atoms with van der Waals surface area (Å²) in [5.74, 6) is 7.16. The van der Waals surface area contributed by atoms with Crippen LogP contribution in [0.2, 0.25) is 25.1 Å². The SMILES string of the molecule is COc1ccc(Nc2nccc(-c3nccs3)n2)cc1Oc1ccc(Cl)cc1.COc1ccc(Nc2nccc(-c3nccs3)n2)cc1Oc1cccc(Cl)c1.Clc1ccc(-c2cccc(Nc3nccc(-c4nccs4)n3)c2)cc1.Clc1cccc(COc2cccc(Nc3nccc(-c4nccs4)n3)c2)c1Cl.Fc1ccc(COc2cccc(Nc3nccc(-c4nccs4)n3)c2)cc1. The fourth-order valence-electron chi connectivity index (χ4n) is 12.4. The smallest absolute Gasteiger partial charge is 0.227 e. The first-order valence-electron chi connectivity index (χ1n) is 40.9. The maximum absolute atomic E-state index is 13.0. The van der Waals surface area contributed by atoms with Gasteiger partial charge in [0, 0.05) is 162 Å². The predicted molar refractivity (Wildman–Crippen MR) is 542 cm³/mol. The van der Waals surface area contributed by atoms with Gasteiger partial charge in [-0.05, 0) is 180 Å². The fourth-order valence-corrected chi connectivity index (χ4v) is 16.2. The number of hydrogen-bond acceptors (Lipinski definition) is 31. The summed E-state index contributed by atoms with van der Waals surface area (Å²) < 4.78 is 47.3. The molecule has 0 saturated carbocycles. The van der Waals surface area contributed by atoms with Gasteiger partial charge in [-0.1, -0.05) is 125 Å². The summed E-state index contributed by atoms with van der Waals surface area (Å²) in [7, 11) is 3.19. The Labute approximate surface area is 824 Å². The first kappa shape index (κ1) is 94.1. The molecule has 0 atom stereocenters. The van der Waals surface area contributed by atoms with E-state index in [-0.39, 0.29) is 5.82 Å². The van der Waals surface area contributed by atoms with E-state index in [1.165, 1.54) is 57.5 Å². The molecule has 136 heavy (non-hydrogen) atoms. The molecule has 10 heterocycles. The molecule has 20 aromatic rings. The molecule has 0 amide bonds. The van der Waals surface area contributed by atoms with E-state index >= 15 is 0 Å². The van der Waals surface area contributed by atoms with E-state index in [1.54, 1.807) is 142 Å². The summed E-state index contributed by atoms with van der Waals surface area (Å²) in [6.45, 7) is 0.679. The molecular formula is C99H72Cl5FN20O6S5. The van der Waals surface area contributed by atoms with E-state index in [1.807, 2.05) is 203 Å². The van der Waals surface area contributed by atoms with Gasteiger partial charge >= 0.3 is 0 Å². The van der Waals surface area contributed by atoms with Gasteiger partial charge in [-0.3, -0.25) is 0 Å². The van der Waals surface area contributed by atoms with Crippen LogP contribution in [0.15, 0.2) is 344 Å². The zero-order chi connectivity index (χ0) is 93.6. The summed E-state index contributed by atoms with van der Waals surface area (Å²) in [5.41, 5.74) is 11.9. The van der Waals surface area contributed by atoms with Crippen molar-refractivity contribution in [3.8, 4) is 111 Å². The van der Waals surface area contributed by atoms with E-state index < -0.39 is 0 Å². The van der Waals surface area contributed by atoms with Crippen molar-refractivity contribution in [1.29, 1.82) is 0 Å². The van der Waals surface area contributed by atoms with Crippen molar-refractivity contribution < 1.29 is 32.8 Å². The number of benzene rings is 10. The van der Waals surface area contributed by atoms with E-state index in [0.29, 0.717) is 109 Å². The Kier molecular flexibility index (Phi) is 32.9. The van der Waals surface area contributed by atoms with Gasteiger partial charge in [-0.25, -0.2) is 79.2 Å². The summed E-state index contributed by atoms with van der Waals surface area (Å²) in [5, 5.41) is 32.8. The molecule has 10 aromatic heterocycles. The Bertz CT molecular complexity index is 7260. The number of hydrogen-bond donors (Lipinski definition) is 5. The van der Waals surface area contributed by atoms with Gasteiger partial charge in [-0.15, -0.1) is 56.7 Å². The number of rotatable bonds is 28. The summed E-state index contributed by atoms with van der Waals surface area (Å²) in [6, 6.07) is 77.1.